The first kappa shape index (κ1) is 16.3. The molecule has 0 aromatic heterocycles. The Morgan fingerprint density at radius 1 is 1.17 bits per heavy atom. The summed E-state index contributed by atoms with van der Waals surface area (Å²) in [4.78, 5) is 14.1. The molecular formula is C19H27NO3. The van der Waals surface area contributed by atoms with Gasteiger partial charge in [0.2, 0.25) is 0 Å². The van der Waals surface area contributed by atoms with Crippen LogP contribution in [0.3, 0.4) is 0 Å². The third-order valence-electron chi connectivity index (χ3n) is 4.62. The fraction of sp³-hybridized carbons (Fsp3) is 0.632. The van der Waals surface area contributed by atoms with Crippen molar-refractivity contribution in [2.75, 3.05) is 13.2 Å². The quantitative estimate of drug-likeness (QED) is 0.781. The van der Waals surface area contributed by atoms with Gasteiger partial charge >= 0.3 is 6.09 Å². The van der Waals surface area contributed by atoms with E-state index in [1.54, 1.807) is 4.90 Å². The van der Waals surface area contributed by atoms with Crippen molar-refractivity contribution in [3.8, 4) is 0 Å². The fourth-order valence-corrected chi connectivity index (χ4v) is 3.50. The van der Waals surface area contributed by atoms with Gasteiger partial charge in [0, 0.05) is 26.3 Å². The van der Waals surface area contributed by atoms with E-state index in [-0.39, 0.29) is 6.09 Å². The average Bonchev–Trinajstić information content (AvgIpc) is 2.88. The number of carbonyl (C=O) groups excluding carboxylic acids is 1. The van der Waals surface area contributed by atoms with E-state index >= 15 is 0 Å². The molecule has 2 aliphatic rings. The molecule has 0 bridgehead atoms. The second-order valence-corrected chi connectivity index (χ2v) is 7.70. The lowest BCUT2D eigenvalue weighted by Gasteiger charge is -2.24. The molecule has 0 spiro atoms. The van der Waals surface area contributed by atoms with Crippen LogP contribution >= 0.6 is 0 Å². The highest BCUT2D eigenvalue weighted by Gasteiger charge is 2.29. The minimum Gasteiger partial charge on any atom is -0.444 e. The van der Waals surface area contributed by atoms with Crippen LogP contribution in [0.4, 0.5) is 4.79 Å². The van der Waals surface area contributed by atoms with Crippen molar-refractivity contribution in [3.05, 3.63) is 34.4 Å². The minimum atomic E-state index is -0.449. The fourth-order valence-electron chi connectivity index (χ4n) is 3.50. The summed E-state index contributed by atoms with van der Waals surface area (Å²) in [7, 11) is 0. The predicted molar refractivity (Wildman–Crippen MR) is 89.5 cm³/mol. The molecule has 1 amide bonds. The van der Waals surface area contributed by atoms with Gasteiger partial charge in [-0.1, -0.05) is 12.1 Å². The Balaban J connectivity index is 1.76. The largest absolute Gasteiger partial charge is 0.444 e. The number of hydrogen-bond acceptors (Lipinski definition) is 3. The smallest absolute Gasteiger partial charge is 0.410 e. The molecule has 1 aromatic carbocycles. The zero-order chi connectivity index (χ0) is 16.6. The lowest BCUT2D eigenvalue weighted by Crippen LogP contribution is -2.33. The van der Waals surface area contributed by atoms with Crippen molar-refractivity contribution >= 4 is 6.09 Å². The first-order valence-electron chi connectivity index (χ1n) is 8.51. The number of rotatable bonds is 1. The van der Waals surface area contributed by atoms with E-state index in [1.807, 2.05) is 20.8 Å². The molecule has 1 saturated heterocycles. The van der Waals surface area contributed by atoms with E-state index in [4.69, 9.17) is 9.47 Å². The van der Waals surface area contributed by atoms with Crippen LogP contribution in [-0.4, -0.2) is 29.8 Å². The van der Waals surface area contributed by atoms with Crippen molar-refractivity contribution in [2.24, 2.45) is 0 Å². The van der Waals surface area contributed by atoms with Gasteiger partial charge in [0.25, 0.3) is 0 Å². The molecule has 126 valence electrons. The maximum Gasteiger partial charge on any atom is 0.410 e. The standard InChI is InChI=1S/C19H27NO3/c1-13-9-15-11-20(18(21)23-19(2,3)4)12-16(15)10-17(13)14-5-7-22-8-6-14/h9-10,14H,5-8,11-12H2,1-4H3. The normalized spacial score (nSPS) is 18.9. The molecule has 3 rings (SSSR count). The van der Waals surface area contributed by atoms with Gasteiger partial charge in [-0.05, 0) is 68.7 Å². The summed E-state index contributed by atoms with van der Waals surface area (Å²) >= 11 is 0. The van der Waals surface area contributed by atoms with Gasteiger partial charge in [-0.3, -0.25) is 4.90 Å². The molecule has 0 saturated carbocycles. The molecule has 2 heterocycles. The minimum absolute atomic E-state index is 0.223. The Hall–Kier alpha value is -1.55. The lowest BCUT2D eigenvalue weighted by atomic mass is 9.86. The first-order valence-corrected chi connectivity index (χ1v) is 8.51. The monoisotopic (exact) mass is 317 g/mol. The van der Waals surface area contributed by atoms with Crippen molar-refractivity contribution < 1.29 is 14.3 Å². The van der Waals surface area contributed by atoms with Crippen molar-refractivity contribution in [1.82, 2.24) is 4.90 Å². The highest BCUT2D eigenvalue weighted by Crippen LogP contribution is 2.34. The topological polar surface area (TPSA) is 38.8 Å². The van der Waals surface area contributed by atoms with Gasteiger partial charge in [0.15, 0.2) is 0 Å². The van der Waals surface area contributed by atoms with Crippen LogP contribution in [0.15, 0.2) is 12.1 Å². The van der Waals surface area contributed by atoms with Gasteiger partial charge in [-0.15, -0.1) is 0 Å². The maximum atomic E-state index is 12.3. The van der Waals surface area contributed by atoms with Crippen LogP contribution in [0.2, 0.25) is 0 Å². The summed E-state index contributed by atoms with van der Waals surface area (Å²) in [5.74, 6) is 0.588. The number of carbonyl (C=O) groups is 1. The SMILES string of the molecule is Cc1cc2c(cc1C1CCOCC1)CN(C(=O)OC(C)(C)C)C2. The summed E-state index contributed by atoms with van der Waals surface area (Å²) in [5, 5.41) is 0. The summed E-state index contributed by atoms with van der Waals surface area (Å²) in [6.45, 7) is 10.9. The van der Waals surface area contributed by atoms with Gasteiger partial charge in [-0.2, -0.15) is 0 Å². The molecule has 0 radical (unpaired) electrons. The van der Waals surface area contributed by atoms with E-state index in [2.05, 4.69) is 19.1 Å². The molecule has 0 atom stereocenters. The number of fused-ring (bicyclic) bond motifs is 1. The summed E-state index contributed by atoms with van der Waals surface area (Å²) in [6.07, 6.45) is 1.96. The molecule has 0 unspecified atom stereocenters. The van der Waals surface area contributed by atoms with Crippen LogP contribution < -0.4 is 0 Å². The van der Waals surface area contributed by atoms with E-state index in [1.165, 1.54) is 22.3 Å². The van der Waals surface area contributed by atoms with E-state index < -0.39 is 5.60 Å². The van der Waals surface area contributed by atoms with Crippen LogP contribution in [0.1, 0.15) is 61.8 Å². The Morgan fingerprint density at radius 3 is 2.39 bits per heavy atom. The van der Waals surface area contributed by atoms with Crippen LogP contribution in [0, 0.1) is 6.92 Å². The number of amides is 1. The Morgan fingerprint density at radius 2 is 1.78 bits per heavy atom. The van der Waals surface area contributed by atoms with Gasteiger partial charge in [0.1, 0.15) is 5.60 Å². The highest BCUT2D eigenvalue weighted by molar-refractivity contribution is 5.69. The molecule has 23 heavy (non-hydrogen) atoms. The summed E-state index contributed by atoms with van der Waals surface area (Å²) in [5.41, 5.74) is 4.83. The highest BCUT2D eigenvalue weighted by atomic mass is 16.6. The second-order valence-electron chi connectivity index (χ2n) is 7.70. The predicted octanol–water partition coefficient (Wildman–Crippen LogP) is 4.14. The molecular weight excluding hydrogens is 290 g/mol. The summed E-state index contributed by atoms with van der Waals surface area (Å²) in [6, 6.07) is 4.56. The lowest BCUT2D eigenvalue weighted by molar-refractivity contribution is 0.0242. The van der Waals surface area contributed by atoms with Crippen molar-refractivity contribution in [3.63, 3.8) is 0 Å². The number of hydrogen-bond donors (Lipinski definition) is 0. The first-order chi connectivity index (χ1) is 10.8. The molecule has 4 heteroatoms. The molecule has 1 fully saturated rings. The maximum absolute atomic E-state index is 12.3. The average molecular weight is 317 g/mol. The third kappa shape index (κ3) is 3.69. The molecule has 1 aromatic rings. The Kier molecular flexibility index (Phi) is 4.37. The number of benzene rings is 1. The van der Waals surface area contributed by atoms with E-state index in [0.29, 0.717) is 19.0 Å². The van der Waals surface area contributed by atoms with Gasteiger partial charge < -0.3 is 9.47 Å². The molecule has 4 nitrogen and oxygen atoms in total. The molecule has 0 aliphatic carbocycles. The van der Waals surface area contributed by atoms with Crippen molar-refractivity contribution in [2.45, 2.75) is 65.1 Å². The number of aryl methyl sites for hydroxylation is 1. The van der Waals surface area contributed by atoms with E-state index in [0.717, 1.165) is 26.1 Å². The Bertz CT molecular complexity index is 597. The van der Waals surface area contributed by atoms with E-state index in [9.17, 15) is 4.79 Å². The van der Waals surface area contributed by atoms with Gasteiger partial charge in [-0.25, -0.2) is 4.79 Å². The zero-order valence-corrected chi connectivity index (χ0v) is 14.6. The second kappa shape index (κ2) is 6.16. The van der Waals surface area contributed by atoms with Crippen LogP contribution in [0.5, 0.6) is 0 Å². The van der Waals surface area contributed by atoms with Crippen LogP contribution in [-0.2, 0) is 22.6 Å². The number of nitrogens with zero attached hydrogens (tertiary/aromatic N) is 1. The molecule has 2 aliphatic heterocycles. The van der Waals surface area contributed by atoms with Crippen LogP contribution in [0.25, 0.3) is 0 Å². The number of ether oxygens (including phenoxy) is 2. The summed E-state index contributed by atoms with van der Waals surface area (Å²) < 4.78 is 11.0. The third-order valence-corrected chi connectivity index (χ3v) is 4.62. The van der Waals surface area contributed by atoms with Gasteiger partial charge in [0.05, 0.1) is 0 Å². The van der Waals surface area contributed by atoms with Crippen molar-refractivity contribution in [1.29, 1.82) is 0 Å². The zero-order valence-electron chi connectivity index (χ0n) is 14.6. The Labute approximate surface area is 138 Å². The molecule has 0 N–H and O–H groups in total.